The molecule has 0 saturated heterocycles. The Morgan fingerprint density at radius 2 is 1.48 bits per heavy atom. The molecule has 1 atom stereocenters. The molecule has 4 aromatic carbocycles. The van der Waals surface area contributed by atoms with Crippen LogP contribution in [0.25, 0.3) is 0 Å². The third-order valence-electron chi connectivity index (χ3n) is 6.08. The highest BCUT2D eigenvalue weighted by atomic mass is 32.2. The summed E-state index contributed by atoms with van der Waals surface area (Å²) in [6.45, 7) is 1.20. The third kappa shape index (κ3) is 9.81. The van der Waals surface area contributed by atoms with Gasteiger partial charge in [0.2, 0.25) is 0 Å². The molecule has 1 amide bonds. The molecule has 4 rings (SSSR count). The average Bonchev–Trinajstić information content (AvgIpc) is 2.99. The second-order valence-electron chi connectivity index (χ2n) is 9.43. The van der Waals surface area contributed by atoms with Gasteiger partial charge in [0.15, 0.2) is 0 Å². The summed E-state index contributed by atoms with van der Waals surface area (Å²) in [7, 11) is -3.83. The number of hydrogen-bond acceptors (Lipinski definition) is 8. The van der Waals surface area contributed by atoms with Gasteiger partial charge in [-0.05, 0) is 84.8 Å². The smallest absolute Gasteiger partial charge is 0.411 e. The third-order valence-corrected chi connectivity index (χ3v) is 7.48. The fraction of sp³-hybridized carbons (Fsp3) is 0.194. The van der Waals surface area contributed by atoms with Crippen molar-refractivity contribution in [2.45, 2.75) is 24.0 Å². The molecule has 4 aromatic rings. The lowest BCUT2D eigenvalue weighted by Crippen LogP contribution is -2.32. The number of hydrogen-bond donors (Lipinski definition) is 5. The summed E-state index contributed by atoms with van der Waals surface area (Å²) in [4.78, 5) is 12.1. The van der Waals surface area contributed by atoms with E-state index in [1.54, 1.807) is 24.3 Å². The van der Waals surface area contributed by atoms with Crippen LogP contribution < -0.4 is 20.1 Å². The first kappa shape index (κ1) is 30.4. The summed E-state index contributed by atoms with van der Waals surface area (Å²) in [6, 6.07) is 28.4. The zero-order chi connectivity index (χ0) is 29.8. The molecule has 0 heterocycles. The fourth-order valence-corrected chi connectivity index (χ4v) is 4.90. The topological polar surface area (TPSA) is 146 Å². The predicted octanol–water partition coefficient (Wildman–Crippen LogP) is 4.51. The second kappa shape index (κ2) is 14.9. The second-order valence-corrected chi connectivity index (χ2v) is 11.1. The molecule has 11 heteroatoms. The number of carbonyl (C=O) groups is 1. The van der Waals surface area contributed by atoms with Gasteiger partial charge in [0.1, 0.15) is 30.8 Å². The first-order valence-electron chi connectivity index (χ1n) is 13.3. The molecule has 0 radical (unpaired) electrons. The monoisotopic (exact) mass is 591 g/mol. The zero-order valence-corrected chi connectivity index (χ0v) is 23.6. The maximum absolute atomic E-state index is 12.8. The van der Waals surface area contributed by atoms with Crippen molar-refractivity contribution < 1.29 is 32.9 Å². The van der Waals surface area contributed by atoms with E-state index in [-0.39, 0.29) is 23.9 Å². The zero-order valence-electron chi connectivity index (χ0n) is 22.8. The van der Waals surface area contributed by atoms with Crippen LogP contribution in [0.5, 0.6) is 11.5 Å². The molecule has 0 aliphatic rings. The van der Waals surface area contributed by atoms with Crippen molar-refractivity contribution in [1.29, 1.82) is 0 Å². The van der Waals surface area contributed by atoms with E-state index >= 15 is 0 Å². The van der Waals surface area contributed by atoms with Crippen LogP contribution in [0.15, 0.2) is 108 Å². The molecule has 0 bridgehead atoms. The van der Waals surface area contributed by atoms with Gasteiger partial charge in [-0.3, -0.25) is 10.0 Å². The van der Waals surface area contributed by atoms with Crippen molar-refractivity contribution in [2.75, 3.05) is 29.7 Å². The highest BCUT2D eigenvalue weighted by Crippen LogP contribution is 2.19. The minimum atomic E-state index is -3.83. The summed E-state index contributed by atoms with van der Waals surface area (Å²) in [6.07, 6.45) is -0.659. The molecule has 42 heavy (non-hydrogen) atoms. The van der Waals surface area contributed by atoms with Gasteiger partial charge in [-0.1, -0.05) is 42.5 Å². The number of carbonyl (C=O) groups excluding carboxylic acids is 1. The Bertz CT molecular complexity index is 1510. The molecule has 0 aromatic heterocycles. The molecule has 10 nitrogen and oxygen atoms in total. The molecular weight excluding hydrogens is 558 g/mol. The van der Waals surface area contributed by atoms with E-state index in [9.17, 15) is 23.4 Å². The van der Waals surface area contributed by atoms with Crippen LogP contribution in [0, 0.1) is 0 Å². The van der Waals surface area contributed by atoms with E-state index in [2.05, 4.69) is 15.4 Å². The largest absolute Gasteiger partial charge is 0.508 e. The van der Waals surface area contributed by atoms with Gasteiger partial charge in [0.05, 0.1) is 4.90 Å². The number of amides is 1. The Labute approximate surface area is 245 Å². The summed E-state index contributed by atoms with van der Waals surface area (Å²) in [5, 5.41) is 25.1. The van der Waals surface area contributed by atoms with E-state index in [0.29, 0.717) is 36.6 Å². The average molecular weight is 592 g/mol. The molecular formula is C31H33N3O7S. The SMILES string of the molecule is O=C(Nc1ccc(S(=O)(=O)Nc2ccc(CCNC[C@H](O)COc3ccc(O)cc3)cc2)cc1)OCc1ccccc1. The van der Waals surface area contributed by atoms with Crippen molar-refractivity contribution in [1.82, 2.24) is 5.32 Å². The van der Waals surface area contributed by atoms with E-state index in [1.807, 2.05) is 42.5 Å². The Hall–Kier alpha value is -4.58. The minimum Gasteiger partial charge on any atom is -0.508 e. The van der Waals surface area contributed by atoms with Crippen molar-refractivity contribution in [3.8, 4) is 11.5 Å². The molecule has 0 aliphatic heterocycles. The molecule has 0 fully saturated rings. The number of ether oxygens (including phenoxy) is 2. The number of aliphatic hydroxyl groups is 1. The number of aliphatic hydroxyl groups excluding tert-OH is 1. The lowest BCUT2D eigenvalue weighted by atomic mass is 10.1. The highest BCUT2D eigenvalue weighted by Gasteiger charge is 2.15. The van der Waals surface area contributed by atoms with Crippen LogP contribution >= 0.6 is 0 Å². The highest BCUT2D eigenvalue weighted by molar-refractivity contribution is 7.92. The van der Waals surface area contributed by atoms with E-state index in [0.717, 1.165) is 11.1 Å². The van der Waals surface area contributed by atoms with E-state index < -0.39 is 22.2 Å². The lowest BCUT2D eigenvalue weighted by Gasteiger charge is -2.13. The molecule has 0 unspecified atom stereocenters. The first-order valence-corrected chi connectivity index (χ1v) is 14.8. The quantitative estimate of drug-likeness (QED) is 0.135. The Kier molecular flexibility index (Phi) is 10.8. The number of anilines is 2. The summed E-state index contributed by atoms with van der Waals surface area (Å²) < 4.78 is 38.9. The van der Waals surface area contributed by atoms with Gasteiger partial charge in [-0.2, -0.15) is 0 Å². The number of nitrogens with one attached hydrogen (secondary N) is 3. The number of aromatic hydroxyl groups is 1. The number of phenolic OH excluding ortho intramolecular Hbond substituents is 1. The maximum atomic E-state index is 12.8. The van der Waals surface area contributed by atoms with Crippen LogP contribution in [0.1, 0.15) is 11.1 Å². The molecule has 0 aliphatic carbocycles. The standard InChI is InChI=1S/C31H33N3O7S/c35-27-12-14-29(15-13-27)40-22-28(36)20-32-19-18-23-6-8-26(9-7-23)34-42(38,39)30-16-10-25(11-17-30)33-31(37)41-21-24-4-2-1-3-5-24/h1-17,28,32,34-36H,18-22H2,(H,33,37)/t28-/m0/s1. The van der Waals surface area contributed by atoms with Gasteiger partial charge >= 0.3 is 6.09 Å². The number of sulfonamides is 1. The molecule has 220 valence electrons. The van der Waals surface area contributed by atoms with Gasteiger partial charge in [-0.15, -0.1) is 0 Å². The van der Waals surface area contributed by atoms with Gasteiger partial charge in [0, 0.05) is 17.9 Å². The number of phenols is 1. The lowest BCUT2D eigenvalue weighted by molar-refractivity contribution is 0.106. The van der Waals surface area contributed by atoms with Gasteiger partial charge in [0.25, 0.3) is 10.0 Å². The van der Waals surface area contributed by atoms with Gasteiger partial charge in [-0.25, -0.2) is 13.2 Å². The minimum absolute atomic E-state index is 0.0481. The Morgan fingerprint density at radius 1 is 0.810 bits per heavy atom. The van der Waals surface area contributed by atoms with Gasteiger partial charge < -0.3 is 25.0 Å². The van der Waals surface area contributed by atoms with Crippen molar-refractivity contribution in [2.24, 2.45) is 0 Å². The predicted molar refractivity (Wildman–Crippen MR) is 160 cm³/mol. The Morgan fingerprint density at radius 3 is 2.17 bits per heavy atom. The van der Waals surface area contributed by atoms with E-state index in [1.165, 1.54) is 36.4 Å². The maximum Gasteiger partial charge on any atom is 0.411 e. The summed E-state index contributed by atoms with van der Waals surface area (Å²) in [5.41, 5.74) is 2.67. The van der Waals surface area contributed by atoms with Crippen LogP contribution in [0.4, 0.5) is 16.2 Å². The van der Waals surface area contributed by atoms with Crippen LogP contribution in [-0.2, 0) is 27.8 Å². The molecule has 0 saturated carbocycles. The number of rotatable bonds is 14. The normalized spacial score (nSPS) is 11.8. The van der Waals surface area contributed by atoms with Crippen LogP contribution in [0.3, 0.4) is 0 Å². The summed E-state index contributed by atoms with van der Waals surface area (Å²) in [5.74, 6) is 0.711. The van der Waals surface area contributed by atoms with Crippen LogP contribution in [-0.4, -0.2) is 50.5 Å². The first-order chi connectivity index (χ1) is 20.3. The van der Waals surface area contributed by atoms with Crippen LogP contribution in [0.2, 0.25) is 0 Å². The number of benzene rings is 4. The van der Waals surface area contributed by atoms with Crippen molar-refractivity contribution in [3.05, 3.63) is 114 Å². The molecule has 5 N–H and O–H groups in total. The van der Waals surface area contributed by atoms with E-state index in [4.69, 9.17) is 9.47 Å². The summed E-state index contributed by atoms with van der Waals surface area (Å²) >= 11 is 0. The molecule has 0 spiro atoms. The Balaban J connectivity index is 1.17. The fourth-order valence-electron chi connectivity index (χ4n) is 3.84. The van der Waals surface area contributed by atoms with Crippen molar-refractivity contribution >= 4 is 27.5 Å². The van der Waals surface area contributed by atoms with Crippen molar-refractivity contribution in [3.63, 3.8) is 0 Å².